The van der Waals surface area contributed by atoms with Crippen molar-refractivity contribution < 1.29 is 50.6 Å². The van der Waals surface area contributed by atoms with Gasteiger partial charge in [-0.3, -0.25) is 0 Å². The number of halogens is 6. The van der Waals surface area contributed by atoms with Crippen LogP contribution in [0.5, 0.6) is 0 Å². The number of rotatable bonds is 4. The van der Waals surface area contributed by atoms with Gasteiger partial charge in [-0.2, -0.15) is 26.3 Å². The van der Waals surface area contributed by atoms with Gasteiger partial charge in [-0.05, 0) is 35.2 Å². The van der Waals surface area contributed by atoms with Gasteiger partial charge in [0.25, 0.3) is 0 Å². The maximum Gasteiger partial charge on any atom is 0.488 e. The molecule has 5 nitrogen and oxygen atoms in total. The monoisotopic (exact) mass is 426 g/mol. The highest BCUT2D eigenvalue weighted by molar-refractivity contribution is 7.85. The van der Waals surface area contributed by atoms with Gasteiger partial charge in [-0.1, -0.05) is 12.1 Å². The van der Waals surface area contributed by atoms with Gasteiger partial charge >= 0.3 is 26.6 Å². The summed E-state index contributed by atoms with van der Waals surface area (Å²) in [4.78, 5) is -1.31. The molecule has 0 aliphatic heterocycles. The van der Waals surface area contributed by atoms with Crippen molar-refractivity contribution in [3.63, 3.8) is 0 Å². The third-order valence-electron chi connectivity index (χ3n) is 3.54. The molecule has 2 rings (SSSR count). The zero-order chi connectivity index (χ0) is 21.4. The summed E-state index contributed by atoms with van der Waals surface area (Å²) in [5, 5.41) is 36.5. The Balaban J connectivity index is 2.65. The molecule has 28 heavy (non-hydrogen) atoms. The Morgan fingerprint density at radius 2 is 0.964 bits per heavy atom. The molecule has 2 aromatic carbocycles. The van der Waals surface area contributed by atoms with Crippen LogP contribution >= 0.6 is 0 Å². The van der Waals surface area contributed by atoms with Crippen LogP contribution in [-0.2, 0) is 23.2 Å². The average Bonchev–Trinajstić information content (AvgIpc) is 2.58. The molecule has 4 N–H and O–H groups in total. The lowest BCUT2D eigenvalue weighted by atomic mass is 9.79. The average molecular weight is 426 g/mol. The van der Waals surface area contributed by atoms with Gasteiger partial charge in [0, 0.05) is 9.79 Å². The molecule has 0 unspecified atom stereocenters. The molecule has 0 spiro atoms. The van der Waals surface area contributed by atoms with Gasteiger partial charge < -0.3 is 20.1 Å². The van der Waals surface area contributed by atoms with Crippen molar-refractivity contribution >= 4 is 36.0 Å². The molecule has 0 amide bonds. The molecule has 0 saturated carbocycles. The summed E-state index contributed by atoms with van der Waals surface area (Å²) in [5.41, 5.74) is -4.13. The maximum atomic E-state index is 13.0. The lowest BCUT2D eigenvalue weighted by Crippen LogP contribution is -2.32. The first-order valence-corrected chi connectivity index (χ1v) is 8.43. The molecule has 0 radical (unpaired) electrons. The van der Waals surface area contributed by atoms with Crippen molar-refractivity contribution in [1.29, 1.82) is 0 Å². The van der Waals surface area contributed by atoms with Crippen LogP contribution < -0.4 is 10.9 Å². The molecule has 0 aliphatic carbocycles. The van der Waals surface area contributed by atoms with Gasteiger partial charge in [-0.15, -0.1) is 0 Å². The van der Waals surface area contributed by atoms with Gasteiger partial charge in [0.2, 0.25) is 0 Å². The van der Waals surface area contributed by atoms with Gasteiger partial charge in [-0.25, -0.2) is 4.21 Å². The van der Waals surface area contributed by atoms with Crippen LogP contribution in [-0.4, -0.2) is 38.5 Å². The van der Waals surface area contributed by atoms with Crippen molar-refractivity contribution in [3.05, 3.63) is 47.5 Å². The summed E-state index contributed by atoms with van der Waals surface area (Å²) in [7, 11) is -7.34. The molecule has 0 saturated heterocycles. The topological polar surface area (TPSA) is 98.0 Å². The van der Waals surface area contributed by atoms with E-state index in [1.807, 2.05) is 0 Å². The summed E-state index contributed by atoms with van der Waals surface area (Å²) in [5.74, 6) is 0. The zero-order valence-electron chi connectivity index (χ0n) is 13.5. The summed E-state index contributed by atoms with van der Waals surface area (Å²) < 4.78 is 90.5. The highest BCUT2D eigenvalue weighted by Crippen LogP contribution is 2.33. The Kier molecular flexibility index (Phi) is 6.31. The molecular formula is C14H10B2F6O5S. The van der Waals surface area contributed by atoms with E-state index in [2.05, 4.69) is 0 Å². The molecule has 150 valence electrons. The van der Waals surface area contributed by atoms with E-state index in [-0.39, 0.29) is 0 Å². The minimum atomic E-state index is -4.95. The number of alkyl halides is 6. The molecule has 0 aromatic heterocycles. The second-order valence-corrected chi connectivity index (χ2v) is 7.07. The van der Waals surface area contributed by atoms with Gasteiger partial charge in [0.15, 0.2) is 0 Å². The van der Waals surface area contributed by atoms with Crippen molar-refractivity contribution in [1.82, 2.24) is 0 Å². The predicted molar refractivity (Wildman–Crippen MR) is 87.2 cm³/mol. The quantitative estimate of drug-likeness (QED) is 0.416. The van der Waals surface area contributed by atoms with E-state index in [0.29, 0.717) is 24.3 Å². The first-order valence-electron chi connectivity index (χ1n) is 7.28. The van der Waals surface area contributed by atoms with Crippen LogP contribution in [0.4, 0.5) is 26.3 Å². The predicted octanol–water partition coefficient (Wildman–Crippen LogP) is 0.250. The van der Waals surface area contributed by atoms with Crippen LogP contribution in [0.3, 0.4) is 0 Å². The maximum absolute atomic E-state index is 13.0. The van der Waals surface area contributed by atoms with E-state index < -0.39 is 69.2 Å². The smallest absolute Gasteiger partial charge is 0.423 e. The fraction of sp³-hybridized carbons (Fsp3) is 0.143. The number of hydrogen-bond donors (Lipinski definition) is 4. The Morgan fingerprint density at radius 1 is 0.643 bits per heavy atom. The third-order valence-corrected chi connectivity index (χ3v) is 4.86. The molecule has 0 bridgehead atoms. The number of benzene rings is 2. The summed E-state index contributed by atoms with van der Waals surface area (Å²) >= 11 is 0. The SMILES string of the molecule is O=S(c1cc(B(O)O)cc(C(F)(F)F)c1)c1cc(B(O)O)cc(C(F)(F)F)c1. The molecule has 14 heteroatoms. The van der Waals surface area contributed by atoms with E-state index in [1.165, 1.54) is 0 Å². The van der Waals surface area contributed by atoms with Crippen LogP contribution in [0.1, 0.15) is 11.1 Å². The normalized spacial score (nSPS) is 12.4. The fourth-order valence-corrected chi connectivity index (χ4v) is 3.45. The van der Waals surface area contributed by atoms with Crippen molar-refractivity contribution in [2.75, 3.05) is 0 Å². The second kappa shape index (κ2) is 7.87. The van der Waals surface area contributed by atoms with Crippen LogP contribution in [0.25, 0.3) is 0 Å². The summed E-state index contributed by atoms with van der Waals surface area (Å²) in [6.45, 7) is 0. The largest absolute Gasteiger partial charge is 0.488 e. The molecular weight excluding hydrogens is 416 g/mol. The zero-order valence-corrected chi connectivity index (χ0v) is 14.3. The van der Waals surface area contributed by atoms with Crippen molar-refractivity contribution in [2.45, 2.75) is 22.1 Å². The van der Waals surface area contributed by atoms with Crippen LogP contribution in [0.2, 0.25) is 0 Å². The van der Waals surface area contributed by atoms with E-state index in [1.54, 1.807) is 0 Å². The van der Waals surface area contributed by atoms with E-state index in [0.717, 1.165) is 12.1 Å². The molecule has 2 aromatic rings. The lowest BCUT2D eigenvalue weighted by molar-refractivity contribution is -0.138. The Hall–Kier alpha value is -1.86. The fourth-order valence-electron chi connectivity index (χ4n) is 2.22. The molecule has 0 aliphatic rings. The van der Waals surface area contributed by atoms with Crippen LogP contribution in [0.15, 0.2) is 46.2 Å². The third kappa shape index (κ3) is 5.14. The lowest BCUT2D eigenvalue weighted by Gasteiger charge is -2.14. The van der Waals surface area contributed by atoms with Crippen molar-refractivity contribution in [2.24, 2.45) is 0 Å². The minimum absolute atomic E-state index is 0.386. The van der Waals surface area contributed by atoms with E-state index >= 15 is 0 Å². The Morgan fingerprint density at radius 3 is 1.21 bits per heavy atom. The van der Waals surface area contributed by atoms with Gasteiger partial charge in [0.1, 0.15) is 0 Å². The molecule has 0 fully saturated rings. The minimum Gasteiger partial charge on any atom is -0.423 e. The first-order chi connectivity index (χ1) is 12.7. The number of hydrogen-bond acceptors (Lipinski definition) is 5. The standard InChI is InChI=1S/C14H10B2F6O5S/c17-13(18,19)7-1-9(15(23)24)5-11(3-7)28(27)12-4-8(14(20,21)22)2-10(6-12)16(25)26/h1-6,23-26H. The molecule has 0 atom stereocenters. The first kappa shape index (κ1) is 22.4. The molecule has 0 heterocycles. The van der Waals surface area contributed by atoms with E-state index in [9.17, 15) is 30.6 Å². The summed E-state index contributed by atoms with van der Waals surface area (Å²) in [6.07, 6.45) is -9.91. The Bertz CT molecular complexity index is 829. The Labute approximate surface area is 157 Å². The van der Waals surface area contributed by atoms with Crippen LogP contribution in [0, 0.1) is 0 Å². The van der Waals surface area contributed by atoms with E-state index in [4.69, 9.17) is 20.1 Å². The van der Waals surface area contributed by atoms with Gasteiger partial charge in [0.05, 0.1) is 21.9 Å². The summed E-state index contributed by atoms with van der Waals surface area (Å²) in [6, 6.07) is 3.01. The highest BCUT2D eigenvalue weighted by Gasteiger charge is 2.35. The second-order valence-electron chi connectivity index (χ2n) is 5.59. The van der Waals surface area contributed by atoms with Crippen molar-refractivity contribution in [3.8, 4) is 0 Å². The highest BCUT2D eigenvalue weighted by atomic mass is 32.2.